The van der Waals surface area contributed by atoms with Crippen LogP contribution < -0.4 is 10.1 Å². The lowest BCUT2D eigenvalue weighted by atomic mass is 10.1. The molecular formula is C24H22ClN5O4. The zero-order valence-electron chi connectivity index (χ0n) is 18.6. The fourth-order valence-corrected chi connectivity index (χ4v) is 3.70. The molecule has 1 N–H and O–H groups in total. The van der Waals surface area contributed by atoms with Crippen LogP contribution in [-0.4, -0.2) is 32.9 Å². The van der Waals surface area contributed by atoms with Crippen LogP contribution in [-0.2, 0) is 6.42 Å². The van der Waals surface area contributed by atoms with Gasteiger partial charge in [0.25, 0.3) is 5.91 Å². The van der Waals surface area contributed by atoms with Gasteiger partial charge in [-0.05, 0) is 54.8 Å². The smallest absolute Gasteiger partial charge is 0.311 e. The maximum absolute atomic E-state index is 12.7. The lowest BCUT2D eigenvalue weighted by Crippen LogP contribution is -2.12. The first-order chi connectivity index (χ1) is 16.4. The second kappa shape index (κ2) is 9.88. The molecule has 9 nitrogen and oxygen atoms in total. The number of hydrogen-bond donors (Lipinski definition) is 1. The lowest BCUT2D eigenvalue weighted by Gasteiger charge is -2.08. The van der Waals surface area contributed by atoms with Crippen LogP contribution in [0.25, 0.3) is 16.7 Å². The van der Waals surface area contributed by atoms with Gasteiger partial charge in [-0.3, -0.25) is 14.9 Å². The first-order valence-electron chi connectivity index (χ1n) is 10.7. The quantitative estimate of drug-likeness (QED) is 0.260. The van der Waals surface area contributed by atoms with Gasteiger partial charge in [-0.2, -0.15) is 4.80 Å². The summed E-state index contributed by atoms with van der Waals surface area (Å²) in [5.41, 5.74) is 3.28. The molecule has 174 valence electrons. The summed E-state index contributed by atoms with van der Waals surface area (Å²) >= 11 is 6.37. The number of carbonyl (C=O) groups is 1. The van der Waals surface area contributed by atoms with Crippen molar-refractivity contribution < 1.29 is 14.5 Å². The van der Waals surface area contributed by atoms with E-state index in [-0.39, 0.29) is 22.0 Å². The van der Waals surface area contributed by atoms with Crippen LogP contribution in [0.2, 0.25) is 5.02 Å². The Hall–Kier alpha value is -3.98. The Balaban J connectivity index is 1.58. The van der Waals surface area contributed by atoms with Gasteiger partial charge >= 0.3 is 5.69 Å². The summed E-state index contributed by atoms with van der Waals surface area (Å²) in [6.07, 6.45) is 3.31. The molecule has 0 fully saturated rings. The Morgan fingerprint density at radius 1 is 1.12 bits per heavy atom. The van der Waals surface area contributed by atoms with Crippen LogP contribution in [0.3, 0.4) is 0 Å². The Labute approximate surface area is 200 Å². The number of aromatic nitrogens is 3. The number of ether oxygens (including phenoxy) is 1. The molecule has 1 amide bonds. The molecule has 4 rings (SSSR count). The minimum absolute atomic E-state index is 0.0658. The molecule has 0 unspecified atom stereocenters. The number of unbranched alkanes of at least 4 members (excludes halogenated alkanes) is 1. The van der Waals surface area contributed by atoms with Crippen LogP contribution in [0.5, 0.6) is 5.75 Å². The van der Waals surface area contributed by atoms with Gasteiger partial charge in [0.1, 0.15) is 11.0 Å². The second-order valence-corrected chi connectivity index (χ2v) is 8.09. The first-order valence-corrected chi connectivity index (χ1v) is 11.1. The van der Waals surface area contributed by atoms with Gasteiger partial charge in [-0.25, -0.2) is 0 Å². The van der Waals surface area contributed by atoms with E-state index in [2.05, 4.69) is 34.6 Å². The summed E-state index contributed by atoms with van der Waals surface area (Å²) in [6.45, 7) is 2.16. The van der Waals surface area contributed by atoms with Crippen molar-refractivity contribution in [2.45, 2.75) is 26.2 Å². The summed E-state index contributed by atoms with van der Waals surface area (Å²) in [5.74, 6) is -0.488. The number of benzene rings is 3. The number of carbonyl (C=O) groups excluding carboxylic acids is 1. The predicted octanol–water partition coefficient (Wildman–Crippen LogP) is 5.59. The van der Waals surface area contributed by atoms with Crippen molar-refractivity contribution in [2.75, 3.05) is 12.4 Å². The number of hydrogen-bond acceptors (Lipinski definition) is 6. The highest BCUT2D eigenvalue weighted by molar-refractivity contribution is 6.34. The molecule has 4 aromatic rings. The molecule has 0 atom stereocenters. The van der Waals surface area contributed by atoms with Gasteiger partial charge in [-0.1, -0.05) is 37.1 Å². The molecular weight excluding hydrogens is 458 g/mol. The van der Waals surface area contributed by atoms with Crippen LogP contribution in [0, 0.1) is 10.1 Å². The monoisotopic (exact) mass is 479 g/mol. The first kappa shape index (κ1) is 23.2. The van der Waals surface area contributed by atoms with E-state index in [0.29, 0.717) is 16.7 Å². The number of amides is 1. The van der Waals surface area contributed by atoms with E-state index in [4.69, 9.17) is 16.3 Å². The van der Waals surface area contributed by atoms with Crippen molar-refractivity contribution in [3.8, 4) is 11.4 Å². The molecule has 34 heavy (non-hydrogen) atoms. The molecule has 10 heteroatoms. The van der Waals surface area contributed by atoms with E-state index in [1.165, 1.54) is 29.6 Å². The largest absolute Gasteiger partial charge is 0.490 e. The van der Waals surface area contributed by atoms with Gasteiger partial charge in [0, 0.05) is 11.6 Å². The SMILES string of the molecule is CCCCc1ccc(-n2nc3cc(Cl)c(NC(=O)c4ccc(OC)c([N+](=O)[O-])c4)cc3n2)cc1. The third-order valence-corrected chi connectivity index (χ3v) is 5.65. The molecule has 0 radical (unpaired) electrons. The van der Waals surface area contributed by atoms with Crippen LogP contribution in [0.15, 0.2) is 54.6 Å². The third kappa shape index (κ3) is 4.84. The molecule has 0 spiro atoms. The molecule has 1 aromatic heterocycles. The zero-order valence-corrected chi connectivity index (χ0v) is 19.4. The molecule has 3 aromatic carbocycles. The number of aryl methyl sites for hydroxylation is 1. The normalized spacial score (nSPS) is 10.9. The van der Waals surface area contributed by atoms with Gasteiger partial charge in [0.05, 0.1) is 28.4 Å². The van der Waals surface area contributed by atoms with Crippen molar-refractivity contribution >= 4 is 39.9 Å². The van der Waals surface area contributed by atoms with E-state index in [9.17, 15) is 14.9 Å². The van der Waals surface area contributed by atoms with E-state index < -0.39 is 10.8 Å². The van der Waals surface area contributed by atoms with Gasteiger partial charge < -0.3 is 10.1 Å². The standard InChI is InChI=1S/C24H22ClN5O4/c1-3-4-5-15-6-9-17(10-7-15)29-27-20-13-18(25)19(14-21(20)28-29)26-24(31)16-8-11-23(34-2)22(12-16)30(32)33/h6-14H,3-5H2,1-2H3,(H,26,31). The van der Waals surface area contributed by atoms with E-state index in [1.807, 2.05) is 12.1 Å². The molecule has 0 saturated heterocycles. The van der Waals surface area contributed by atoms with Crippen molar-refractivity contribution in [3.63, 3.8) is 0 Å². The predicted molar refractivity (Wildman–Crippen MR) is 130 cm³/mol. The molecule has 0 aliphatic rings. The van der Waals surface area contributed by atoms with Gasteiger partial charge in [0.2, 0.25) is 0 Å². The van der Waals surface area contributed by atoms with E-state index >= 15 is 0 Å². The number of rotatable bonds is 8. The third-order valence-electron chi connectivity index (χ3n) is 5.34. The summed E-state index contributed by atoms with van der Waals surface area (Å²) in [6, 6.07) is 15.2. The molecule has 0 aliphatic heterocycles. The number of nitrogens with one attached hydrogen (secondary N) is 1. The van der Waals surface area contributed by atoms with Crippen LogP contribution in [0.4, 0.5) is 11.4 Å². The maximum Gasteiger partial charge on any atom is 0.311 e. The van der Waals surface area contributed by atoms with E-state index in [1.54, 1.807) is 12.1 Å². The van der Waals surface area contributed by atoms with Crippen LogP contribution in [0.1, 0.15) is 35.7 Å². The van der Waals surface area contributed by atoms with E-state index in [0.717, 1.165) is 31.0 Å². The Kier molecular flexibility index (Phi) is 6.74. The van der Waals surface area contributed by atoms with Crippen molar-refractivity contribution in [1.82, 2.24) is 15.0 Å². The summed E-state index contributed by atoms with van der Waals surface area (Å²) < 4.78 is 4.98. The number of halogens is 1. The number of fused-ring (bicyclic) bond motifs is 1. The number of anilines is 1. The number of nitro benzene ring substituents is 1. The van der Waals surface area contributed by atoms with Crippen molar-refractivity contribution in [2.24, 2.45) is 0 Å². The molecule has 0 saturated carbocycles. The average Bonchev–Trinajstić information content (AvgIpc) is 3.25. The zero-order chi connectivity index (χ0) is 24.2. The fourth-order valence-electron chi connectivity index (χ4n) is 3.49. The van der Waals surface area contributed by atoms with Gasteiger partial charge in [-0.15, -0.1) is 10.2 Å². The summed E-state index contributed by atoms with van der Waals surface area (Å²) in [5, 5.41) is 23.2. The average molecular weight is 480 g/mol. The minimum atomic E-state index is -0.608. The molecule has 1 heterocycles. The molecule has 0 bridgehead atoms. The maximum atomic E-state index is 12.7. The van der Waals surface area contributed by atoms with Crippen molar-refractivity contribution in [3.05, 3.63) is 80.9 Å². The fraction of sp³-hybridized carbons (Fsp3) is 0.208. The minimum Gasteiger partial charge on any atom is -0.490 e. The number of nitro groups is 1. The highest BCUT2D eigenvalue weighted by Gasteiger charge is 2.19. The number of nitrogens with zero attached hydrogens (tertiary/aromatic N) is 4. The Morgan fingerprint density at radius 2 is 1.82 bits per heavy atom. The van der Waals surface area contributed by atoms with Crippen molar-refractivity contribution in [1.29, 1.82) is 0 Å². The topological polar surface area (TPSA) is 112 Å². The lowest BCUT2D eigenvalue weighted by molar-refractivity contribution is -0.385. The highest BCUT2D eigenvalue weighted by Crippen LogP contribution is 2.30. The number of methoxy groups -OCH3 is 1. The summed E-state index contributed by atoms with van der Waals surface area (Å²) in [4.78, 5) is 24.9. The molecule has 0 aliphatic carbocycles. The van der Waals surface area contributed by atoms with Crippen LogP contribution >= 0.6 is 11.6 Å². The summed E-state index contributed by atoms with van der Waals surface area (Å²) in [7, 11) is 1.32. The second-order valence-electron chi connectivity index (χ2n) is 7.68. The van der Waals surface area contributed by atoms with Gasteiger partial charge in [0.15, 0.2) is 5.75 Å². The Bertz CT molecular complexity index is 1370. The highest BCUT2D eigenvalue weighted by atomic mass is 35.5. The Morgan fingerprint density at radius 3 is 2.47 bits per heavy atom.